The molecule has 0 unspecified atom stereocenters. The standard InChI is InChI=1S/C20H13Cl2N5O3/c1-10-16-13(18(28)27(26-10)17-14(21)6-3-7-15(17)22)9-23-20(25-16)24-12-5-2-4-11(8-12)19(29)30/h2-9H,1H3,(H,29,30)(H,23,24,25). The number of rotatable bonds is 4. The summed E-state index contributed by atoms with van der Waals surface area (Å²) in [6.45, 7) is 1.70. The van der Waals surface area contributed by atoms with Gasteiger partial charge < -0.3 is 10.4 Å². The van der Waals surface area contributed by atoms with E-state index in [2.05, 4.69) is 20.4 Å². The highest BCUT2D eigenvalue weighted by atomic mass is 35.5. The first-order valence-electron chi connectivity index (χ1n) is 8.66. The number of nitrogens with zero attached hydrogens (tertiary/aromatic N) is 4. The predicted octanol–water partition coefficient (Wildman–Crippen LogP) is 4.23. The number of para-hydroxylation sites is 1. The maximum Gasteiger partial charge on any atom is 0.335 e. The van der Waals surface area contributed by atoms with Gasteiger partial charge in [0.15, 0.2) is 0 Å². The number of aromatic nitrogens is 4. The minimum absolute atomic E-state index is 0.123. The molecule has 2 heterocycles. The Hall–Kier alpha value is -3.49. The van der Waals surface area contributed by atoms with Gasteiger partial charge in [0.1, 0.15) is 11.2 Å². The molecular weight excluding hydrogens is 429 g/mol. The van der Waals surface area contributed by atoms with E-state index in [9.17, 15) is 9.59 Å². The third kappa shape index (κ3) is 3.58. The molecule has 0 atom stereocenters. The van der Waals surface area contributed by atoms with Gasteiger partial charge in [0.2, 0.25) is 5.95 Å². The van der Waals surface area contributed by atoms with Crippen LogP contribution in [-0.4, -0.2) is 30.8 Å². The zero-order valence-electron chi connectivity index (χ0n) is 15.4. The molecule has 0 fully saturated rings. The van der Waals surface area contributed by atoms with Crippen LogP contribution in [0.1, 0.15) is 16.1 Å². The number of benzene rings is 2. The van der Waals surface area contributed by atoms with E-state index in [0.29, 0.717) is 16.9 Å². The van der Waals surface area contributed by atoms with Crippen LogP contribution in [0.3, 0.4) is 0 Å². The quantitative estimate of drug-likeness (QED) is 0.487. The third-order valence-corrected chi connectivity index (χ3v) is 4.93. The van der Waals surface area contributed by atoms with Crippen molar-refractivity contribution in [2.75, 3.05) is 5.32 Å². The first-order chi connectivity index (χ1) is 14.3. The molecule has 0 radical (unpaired) electrons. The van der Waals surface area contributed by atoms with Gasteiger partial charge in [-0.15, -0.1) is 0 Å². The van der Waals surface area contributed by atoms with E-state index in [4.69, 9.17) is 28.3 Å². The van der Waals surface area contributed by atoms with Crippen molar-refractivity contribution in [2.45, 2.75) is 6.92 Å². The first kappa shape index (κ1) is 19.8. The van der Waals surface area contributed by atoms with E-state index in [1.165, 1.54) is 18.3 Å². The van der Waals surface area contributed by atoms with Gasteiger partial charge in [-0.25, -0.2) is 14.8 Å². The van der Waals surface area contributed by atoms with Crippen molar-refractivity contribution in [1.82, 2.24) is 19.7 Å². The lowest BCUT2D eigenvalue weighted by molar-refractivity contribution is 0.0697. The lowest BCUT2D eigenvalue weighted by Crippen LogP contribution is -2.23. The topological polar surface area (TPSA) is 110 Å². The Kier molecular flexibility index (Phi) is 5.11. The zero-order chi connectivity index (χ0) is 21.4. The average molecular weight is 442 g/mol. The average Bonchev–Trinajstić information content (AvgIpc) is 2.71. The van der Waals surface area contributed by atoms with Gasteiger partial charge in [0.05, 0.1) is 26.7 Å². The summed E-state index contributed by atoms with van der Waals surface area (Å²) >= 11 is 12.4. The number of aromatic carboxylic acids is 1. The summed E-state index contributed by atoms with van der Waals surface area (Å²) in [5.41, 5.74) is 1.25. The zero-order valence-corrected chi connectivity index (χ0v) is 16.9. The number of carboxylic acids is 1. The molecule has 0 saturated heterocycles. The van der Waals surface area contributed by atoms with E-state index >= 15 is 0 Å². The molecule has 0 aliphatic carbocycles. The number of anilines is 2. The molecule has 0 saturated carbocycles. The van der Waals surface area contributed by atoms with E-state index in [-0.39, 0.29) is 32.6 Å². The number of hydrogen-bond acceptors (Lipinski definition) is 6. The van der Waals surface area contributed by atoms with Crippen molar-refractivity contribution in [3.63, 3.8) is 0 Å². The van der Waals surface area contributed by atoms with Crippen LogP contribution in [0.5, 0.6) is 0 Å². The normalized spacial score (nSPS) is 10.9. The second kappa shape index (κ2) is 7.74. The van der Waals surface area contributed by atoms with Crippen LogP contribution < -0.4 is 10.9 Å². The minimum Gasteiger partial charge on any atom is -0.478 e. The van der Waals surface area contributed by atoms with Crippen molar-refractivity contribution in [3.05, 3.63) is 80.3 Å². The fraction of sp³-hybridized carbons (Fsp3) is 0.0500. The minimum atomic E-state index is -1.04. The summed E-state index contributed by atoms with van der Waals surface area (Å²) < 4.78 is 1.13. The highest BCUT2D eigenvalue weighted by molar-refractivity contribution is 6.37. The van der Waals surface area contributed by atoms with Crippen LogP contribution in [-0.2, 0) is 0 Å². The van der Waals surface area contributed by atoms with Crippen molar-refractivity contribution < 1.29 is 9.90 Å². The molecule has 2 N–H and O–H groups in total. The van der Waals surface area contributed by atoms with Crippen molar-refractivity contribution in [2.24, 2.45) is 0 Å². The molecular formula is C20H13Cl2N5O3. The Bertz CT molecular complexity index is 1350. The number of carbonyl (C=O) groups is 1. The van der Waals surface area contributed by atoms with Crippen molar-refractivity contribution in [1.29, 1.82) is 0 Å². The molecule has 2 aromatic heterocycles. The Labute approximate surface area is 179 Å². The lowest BCUT2D eigenvalue weighted by Gasteiger charge is -2.12. The van der Waals surface area contributed by atoms with Gasteiger partial charge in [-0.3, -0.25) is 4.79 Å². The van der Waals surface area contributed by atoms with Gasteiger partial charge in [0.25, 0.3) is 5.56 Å². The Morgan fingerprint density at radius 1 is 1.13 bits per heavy atom. The van der Waals surface area contributed by atoms with Crippen LogP contribution in [0, 0.1) is 6.92 Å². The summed E-state index contributed by atoms with van der Waals surface area (Å²) in [5, 5.41) is 17.2. The van der Waals surface area contributed by atoms with Crippen LogP contribution in [0.2, 0.25) is 10.0 Å². The number of fused-ring (bicyclic) bond motifs is 1. The molecule has 10 heteroatoms. The SMILES string of the molecule is Cc1nn(-c2c(Cl)cccc2Cl)c(=O)c2cnc(Nc3cccc(C(=O)O)c3)nc12. The molecule has 0 bridgehead atoms. The summed E-state index contributed by atoms with van der Waals surface area (Å²) in [4.78, 5) is 32.7. The molecule has 0 spiro atoms. The van der Waals surface area contributed by atoms with Gasteiger partial charge in [-0.05, 0) is 37.3 Å². The molecule has 8 nitrogen and oxygen atoms in total. The Morgan fingerprint density at radius 3 is 2.53 bits per heavy atom. The number of nitrogens with one attached hydrogen (secondary N) is 1. The van der Waals surface area contributed by atoms with Gasteiger partial charge in [-0.1, -0.05) is 35.3 Å². The maximum absolute atomic E-state index is 13.0. The molecule has 30 heavy (non-hydrogen) atoms. The molecule has 150 valence electrons. The second-order valence-electron chi connectivity index (χ2n) is 6.34. The monoisotopic (exact) mass is 441 g/mol. The largest absolute Gasteiger partial charge is 0.478 e. The molecule has 4 rings (SSSR count). The fourth-order valence-electron chi connectivity index (χ4n) is 2.93. The van der Waals surface area contributed by atoms with Gasteiger partial charge >= 0.3 is 5.97 Å². The van der Waals surface area contributed by atoms with E-state index in [1.54, 1.807) is 37.3 Å². The Balaban J connectivity index is 1.80. The number of aryl methyl sites for hydroxylation is 1. The summed E-state index contributed by atoms with van der Waals surface area (Å²) in [6.07, 6.45) is 1.38. The summed E-state index contributed by atoms with van der Waals surface area (Å²) in [5.74, 6) is -0.847. The number of carboxylic acid groups (broad SMARTS) is 1. The Morgan fingerprint density at radius 2 is 1.83 bits per heavy atom. The van der Waals surface area contributed by atoms with Crippen molar-refractivity contribution in [3.8, 4) is 5.69 Å². The van der Waals surface area contributed by atoms with Crippen LogP contribution in [0.4, 0.5) is 11.6 Å². The van der Waals surface area contributed by atoms with Gasteiger partial charge in [0, 0.05) is 11.9 Å². The number of halogens is 2. The molecule has 0 aliphatic rings. The molecule has 0 aliphatic heterocycles. The van der Waals surface area contributed by atoms with Crippen LogP contribution in [0.15, 0.2) is 53.5 Å². The molecule has 2 aromatic carbocycles. The van der Waals surface area contributed by atoms with Crippen molar-refractivity contribution >= 4 is 51.7 Å². The lowest BCUT2D eigenvalue weighted by atomic mass is 10.2. The summed E-state index contributed by atoms with van der Waals surface area (Å²) in [7, 11) is 0. The maximum atomic E-state index is 13.0. The third-order valence-electron chi connectivity index (χ3n) is 4.32. The fourth-order valence-corrected chi connectivity index (χ4v) is 3.49. The smallest absolute Gasteiger partial charge is 0.335 e. The van der Waals surface area contributed by atoms with Gasteiger partial charge in [-0.2, -0.15) is 9.78 Å². The highest BCUT2D eigenvalue weighted by Crippen LogP contribution is 2.27. The second-order valence-corrected chi connectivity index (χ2v) is 7.15. The molecule has 0 amide bonds. The number of hydrogen-bond donors (Lipinski definition) is 2. The van der Waals surface area contributed by atoms with E-state index < -0.39 is 11.5 Å². The van der Waals surface area contributed by atoms with E-state index in [0.717, 1.165) is 4.68 Å². The first-order valence-corrected chi connectivity index (χ1v) is 9.42. The summed E-state index contributed by atoms with van der Waals surface area (Å²) in [6, 6.07) is 11.1. The molecule has 4 aromatic rings. The highest BCUT2D eigenvalue weighted by Gasteiger charge is 2.16. The predicted molar refractivity (Wildman–Crippen MR) is 114 cm³/mol. The van der Waals surface area contributed by atoms with Crippen LogP contribution in [0.25, 0.3) is 16.6 Å². The van der Waals surface area contributed by atoms with Crippen LogP contribution >= 0.6 is 23.2 Å². The van der Waals surface area contributed by atoms with E-state index in [1.807, 2.05) is 0 Å².